The summed E-state index contributed by atoms with van der Waals surface area (Å²) in [5.41, 5.74) is 0. The van der Waals surface area contributed by atoms with Crippen LogP contribution < -0.4 is 5.32 Å². The van der Waals surface area contributed by atoms with E-state index in [0.29, 0.717) is 19.6 Å². The van der Waals surface area contributed by atoms with Crippen molar-refractivity contribution < 1.29 is 15.8 Å². The van der Waals surface area contributed by atoms with Gasteiger partial charge in [-0.25, -0.2) is 0 Å². The Morgan fingerprint density at radius 3 is 2.60 bits per heavy atom. The van der Waals surface area contributed by atoms with E-state index in [1.807, 2.05) is 0 Å². The Hall–Kier alpha value is -1.06. The number of rotatable bonds is 2. The van der Waals surface area contributed by atoms with E-state index in [1.54, 1.807) is 6.92 Å². The van der Waals surface area contributed by atoms with E-state index in [4.69, 9.17) is 4.74 Å². The molecule has 1 rings (SSSR count). The van der Waals surface area contributed by atoms with Crippen molar-refractivity contribution in [3.63, 3.8) is 0 Å². The maximum Gasteiger partial charge on any atom is 0.318 e. The summed E-state index contributed by atoms with van der Waals surface area (Å²) in [5.74, 6) is -1.16. The van der Waals surface area contributed by atoms with Gasteiger partial charge in [0.15, 0.2) is 0 Å². The lowest BCUT2D eigenvalue weighted by Crippen LogP contribution is -2.41. The quantitative estimate of drug-likeness (QED) is 0.566. The predicted octanol–water partition coefficient (Wildman–Crippen LogP) is 1.74. The van der Waals surface area contributed by atoms with Gasteiger partial charge in [-0.3, -0.25) is 9.59 Å². The number of amides is 1. The number of hydrogen-bond acceptors (Lipinski definition) is 3. The van der Waals surface area contributed by atoms with Crippen molar-refractivity contribution in [3.8, 4) is 0 Å². The molecule has 1 saturated heterocycles. The molecule has 0 saturated carbocycles. The van der Waals surface area contributed by atoms with Crippen LogP contribution in [-0.4, -0.2) is 25.0 Å². The molecule has 1 fully saturated rings. The van der Waals surface area contributed by atoms with E-state index in [1.165, 1.54) is 6.42 Å². The zero-order valence-corrected chi connectivity index (χ0v) is 9.84. The summed E-state index contributed by atoms with van der Waals surface area (Å²) >= 11 is 0. The summed E-state index contributed by atoms with van der Waals surface area (Å²) in [6.45, 7) is 7.00. The molecular weight excluding hydrogens is 194 g/mol. The maximum absolute atomic E-state index is 11.1. The predicted molar refractivity (Wildman–Crippen MR) is 60.4 cm³/mol. The second kappa shape index (κ2) is 8.26. The minimum Gasteiger partial charge on any atom is -0.465 e. The lowest BCUT2D eigenvalue weighted by Gasteiger charge is -2.19. The van der Waals surface area contributed by atoms with Crippen LogP contribution in [-0.2, 0) is 14.3 Å². The van der Waals surface area contributed by atoms with Gasteiger partial charge in [0, 0.05) is 7.97 Å². The monoisotopic (exact) mass is 217 g/mol. The Balaban J connectivity index is 0. The molecule has 1 atom stereocenters. The molecule has 0 aromatic rings. The highest BCUT2D eigenvalue weighted by atomic mass is 16.5. The number of ether oxygens (including phenoxy) is 1. The van der Waals surface area contributed by atoms with Gasteiger partial charge in [-0.2, -0.15) is 0 Å². The van der Waals surface area contributed by atoms with Crippen LogP contribution in [0.1, 0.15) is 41.5 Å². The normalized spacial score (nSPS) is 19.7. The van der Waals surface area contributed by atoms with Crippen molar-refractivity contribution in [2.75, 3.05) is 13.2 Å². The molecule has 0 aromatic carbocycles. The van der Waals surface area contributed by atoms with E-state index in [2.05, 4.69) is 19.2 Å². The van der Waals surface area contributed by atoms with Crippen LogP contribution >= 0.6 is 0 Å². The molecule has 0 radical (unpaired) electrons. The molecule has 4 heteroatoms. The van der Waals surface area contributed by atoms with Crippen molar-refractivity contribution in [3.05, 3.63) is 0 Å². The van der Waals surface area contributed by atoms with Crippen molar-refractivity contribution in [1.29, 1.82) is 0 Å². The summed E-state index contributed by atoms with van der Waals surface area (Å²) < 4.78 is 4.75. The van der Waals surface area contributed by atoms with Gasteiger partial charge in [0.25, 0.3) is 0 Å². The van der Waals surface area contributed by atoms with Gasteiger partial charge in [0.2, 0.25) is 5.91 Å². The highest BCUT2D eigenvalue weighted by Crippen LogP contribution is 2.12. The minimum absolute atomic E-state index is 0. The van der Waals surface area contributed by atoms with Gasteiger partial charge < -0.3 is 10.1 Å². The molecule has 1 amide bonds. The zero-order valence-electron chi connectivity index (χ0n) is 9.84. The van der Waals surface area contributed by atoms with Crippen LogP contribution in [0.5, 0.6) is 0 Å². The van der Waals surface area contributed by atoms with Gasteiger partial charge in [-0.15, -0.1) is 0 Å². The molecule has 1 aliphatic heterocycles. The van der Waals surface area contributed by atoms with Crippen LogP contribution in [0, 0.1) is 5.92 Å². The van der Waals surface area contributed by atoms with Crippen molar-refractivity contribution in [1.82, 2.24) is 5.32 Å². The van der Waals surface area contributed by atoms with Gasteiger partial charge in [-0.05, 0) is 19.8 Å². The SMILES string of the molecule is CCC.CCOC(=O)C1CCCNC1=O.[HH]. The first kappa shape index (κ1) is 13.9. The van der Waals surface area contributed by atoms with Gasteiger partial charge in [0.1, 0.15) is 5.92 Å². The first-order valence-corrected chi connectivity index (χ1v) is 5.61. The zero-order chi connectivity index (χ0) is 11.7. The summed E-state index contributed by atoms with van der Waals surface area (Å²) in [5, 5.41) is 2.63. The number of hydrogen-bond donors (Lipinski definition) is 1. The average Bonchev–Trinajstić information content (AvgIpc) is 2.20. The largest absolute Gasteiger partial charge is 0.465 e. The third-order valence-electron chi connectivity index (χ3n) is 1.86. The number of nitrogens with one attached hydrogen (secondary N) is 1. The van der Waals surface area contributed by atoms with Crippen molar-refractivity contribution >= 4 is 11.9 Å². The Labute approximate surface area is 92.9 Å². The van der Waals surface area contributed by atoms with Crippen LogP contribution in [0.3, 0.4) is 0 Å². The molecule has 0 aliphatic carbocycles. The van der Waals surface area contributed by atoms with Crippen LogP contribution in [0.2, 0.25) is 0 Å². The van der Waals surface area contributed by atoms with Crippen LogP contribution in [0.25, 0.3) is 0 Å². The van der Waals surface area contributed by atoms with Gasteiger partial charge >= 0.3 is 5.97 Å². The van der Waals surface area contributed by atoms with E-state index >= 15 is 0 Å². The van der Waals surface area contributed by atoms with Crippen molar-refractivity contribution in [2.24, 2.45) is 5.92 Å². The molecule has 1 heterocycles. The highest BCUT2D eigenvalue weighted by Gasteiger charge is 2.29. The lowest BCUT2D eigenvalue weighted by molar-refractivity contribution is -0.153. The first-order chi connectivity index (χ1) is 7.17. The summed E-state index contributed by atoms with van der Waals surface area (Å²) in [6.07, 6.45) is 2.72. The van der Waals surface area contributed by atoms with Gasteiger partial charge in [-0.1, -0.05) is 20.3 Å². The number of carbonyl (C=O) groups is 2. The Kier molecular flexibility index (Phi) is 7.68. The minimum atomic E-state index is -0.571. The third kappa shape index (κ3) is 5.40. The van der Waals surface area contributed by atoms with Crippen LogP contribution in [0.15, 0.2) is 0 Å². The number of piperidine rings is 1. The Bertz CT molecular complexity index is 209. The second-order valence-corrected chi connectivity index (χ2v) is 3.44. The Morgan fingerprint density at radius 2 is 2.13 bits per heavy atom. The number of carbonyl (C=O) groups excluding carboxylic acids is 2. The summed E-state index contributed by atoms with van der Waals surface area (Å²) in [7, 11) is 0. The topological polar surface area (TPSA) is 55.4 Å². The molecule has 1 unspecified atom stereocenters. The van der Waals surface area contributed by atoms with Crippen LogP contribution in [0.4, 0.5) is 0 Å². The van der Waals surface area contributed by atoms with E-state index in [-0.39, 0.29) is 7.33 Å². The van der Waals surface area contributed by atoms with E-state index < -0.39 is 11.9 Å². The first-order valence-electron chi connectivity index (χ1n) is 5.61. The molecule has 90 valence electrons. The molecular formula is C11H23NO3. The second-order valence-electron chi connectivity index (χ2n) is 3.44. The molecule has 0 spiro atoms. The molecule has 1 aliphatic rings. The fourth-order valence-electron chi connectivity index (χ4n) is 1.24. The molecule has 1 N–H and O–H groups in total. The number of esters is 1. The molecule has 4 nitrogen and oxygen atoms in total. The third-order valence-corrected chi connectivity index (χ3v) is 1.86. The van der Waals surface area contributed by atoms with E-state index in [9.17, 15) is 9.59 Å². The maximum atomic E-state index is 11.1. The van der Waals surface area contributed by atoms with Crippen molar-refractivity contribution in [2.45, 2.75) is 40.0 Å². The summed E-state index contributed by atoms with van der Waals surface area (Å²) in [6, 6.07) is 0. The fraction of sp³-hybridized carbons (Fsp3) is 0.818. The van der Waals surface area contributed by atoms with Gasteiger partial charge in [0.05, 0.1) is 6.61 Å². The fourth-order valence-corrected chi connectivity index (χ4v) is 1.24. The Morgan fingerprint density at radius 1 is 1.53 bits per heavy atom. The molecule has 0 aromatic heterocycles. The smallest absolute Gasteiger partial charge is 0.318 e. The lowest BCUT2D eigenvalue weighted by atomic mass is 9.99. The molecule has 0 bridgehead atoms. The van der Waals surface area contributed by atoms with E-state index in [0.717, 1.165) is 6.42 Å². The average molecular weight is 217 g/mol. The standard InChI is InChI=1S/C8H13NO3.C3H8.H2/c1-2-12-8(11)6-4-3-5-9-7(6)10;1-3-2;/h6H,2-5H2,1H3,(H,9,10);3H2,1-2H3;1H. The highest BCUT2D eigenvalue weighted by molar-refractivity contribution is 5.98. The molecule has 15 heavy (non-hydrogen) atoms. The summed E-state index contributed by atoms with van der Waals surface area (Å²) in [4.78, 5) is 22.2.